The van der Waals surface area contributed by atoms with Gasteiger partial charge in [-0.15, -0.1) is 0 Å². The average molecular weight is 301 g/mol. The van der Waals surface area contributed by atoms with Crippen molar-refractivity contribution in [3.05, 3.63) is 33.1 Å². The van der Waals surface area contributed by atoms with Gasteiger partial charge in [-0.1, -0.05) is 11.6 Å². The van der Waals surface area contributed by atoms with E-state index < -0.39 is 10.7 Å². The van der Waals surface area contributed by atoms with E-state index in [0.717, 1.165) is 18.9 Å². The molecule has 0 aliphatic carbocycles. The van der Waals surface area contributed by atoms with Gasteiger partial charge in [-0.3, -0.25) is 10.1 Å². The number of halogens is 2. The predicted molar refractivity (Wildman–Crippen MR) is 72.6 cm³/mol. The number of aliphatic hydroxyl groups excluding tert-OH is 1. The number of nitro groups is 1. The summed E-state index contributed by atoms with van der Waals surface area (Å²) in [6.45, 7) is 0. The zero-order valence-corrected chi connectivity index (χ0v) is 11.4. The lowest BCUT2D eigenvalue weighted by Crippen LogP contribution is -2.45. The Morgan fingerprint density at radius 1 is 1.35 bits per heavy atom. The first kappa shape index (κ1) is 13.6. The van der Waals surface area contributed by atoms with Crippen LogP contribution >= 0.6 is 11.6 Å². The number of nitro benzene ring substituents is 1. The van der Waals surface area contributed by atoms with Crippen LogP contribution in [0.15, 0.2) is 12.1 Å². The number of rotatable bonds is 2. The lowest BCUT2D eigenvalue weighted by Gasteiger charge is -2.38. The molecule has 2 saturated heterocycles. The summed E-state index contributed by atoms with van der Waals surface area (Å²) in [7, 11) is 0. The monoisotopic (exact) mass is 300 g/mol. The van der Waals surface area contributed by atoms with E-state index in [1.54, 1.807) is 0 Å². The highest BCUT2D eigenvalue weighted by molar-refractivity contribution is 6.31. The van der Waals surface area contributed by atoms with Crippen LogP contribution in [0.25, 0.3) is 0 Å². The van der Waals surface area contributed by atoms with Crippen LogP contribution in [0.1, 0.15) is 25.7 Å². The van der Waals surface area contributed by atoms with Crippen LogP contribution in [0.3, 0.4) is 0 Å². The summed E-state index contributed by atoms with van der Waals surface area (Å²) >= 11 is 5.78. The number of fused-ring (bicyclic) bond motifs is 2. The molecule has 0 aromatic heterocycles. The van der Waals surface area contributed by atoms with Gasteiger partial charge in [0.1, 0.15) is 11.5 Å². The minimum atomic E-state index is -0.786. The van der Waals surface area contributed by atoms with Crippen LogP contribution in [-0.4, -0.2) is 28.2 Å². The first-order chi connectivity index (χ1) is 9.47. The third kappa shape index (κ3) is 2.13. The van der Waals surface area contributed by atoms with Gasteiger partial charge in [0.2, 0.25) is 0 Å². The Hall–Kier alpha value is -1.40. The van der Waals surface area contributed by atoms with Crippen LogP contribution in [0, 0.1) is 15.9 Å². The second-order valence-electron chi connectivity index (χ2n) is 5.43. The second kappa shape index (κ2) is 4.86. The van der Waals surface area contributed by atoms with Crippen molar-refractivity contribution in [1.82, 2.24) is 0 Å². The maximum Gasteiger partial charge on any atom is 0.295 e. The minimum Gasteiger partial charge on any atom is -0.393 e. The van der Waals surface area contributed by atoms with E-state index in [4.69, 9.17) is 11.6 Å². The van der Waals surface area contributed by atoms with Gasteiger partial charge in [-0.2, -0.15) is 0 Å². The van der Waals surface area contributed by atoms with Gasteiger partial charge in [0.25, 0.3) is 5.69 Å². The molecule has 108 valence electrons. The number of benzene rings is 1. The molecule has 2 heterocycles. The molecule has 2 fully saturated rings. The molecular weight excluding hydrogens is 287 g/mol. The minimum absolute atomic E-state index is 0.0592. The zero-order chi connectivity index (χ0) is 14.4. The normalized spacial score (nSPS) is 28.8. The van der Waals surface area contributed by atoms with Crippen molar-refractivity contribution in [2.24, 2.45) is 0 Å². The number of hydrogen-bond acceptors (Lipinski definition) is 4. The molecule has 2 unspecified atom stereocenters. The maximum atomic E-state index is 13.5. The fraction of sp³-hybridized carbons (Fsp3) is 0.538. The van der Waals surface area contributed by atoms with E-state index in [1.165, 1.54) is 6.07 Å². The van der Waals surface area contributed by atoms with Crippen molar-refractivity contribution in [3.63, 3.8) is 0 Å². The Morgan fingerprint density at radius 3 is 2.50 bits per heavy atom. The summed E-state index contributed by atoms with van der Waals surface area (Å²) in [6, 6.07) is 2.33. The van der Waals surface area contributed by atoms with Crippen molar-refractivity contribution in [1.29, 1.82) is 0 Å². The molecule has 0 spiro atoms. The molecule has 1 N–H and O–H groups in total. The quantitative estimate of drug-likeness (QED) is 0.673. The summed E-state index contributed by atoms with van der Waals surface area (Å²) in [5.41, 5.74) is 0.0981. The van der Waals surface area contributed by atoms with Gasteiger partial charge in [0.05, 0.1) is 22.1 Å². The topological polar surface area (TPSA) is 66.6 Å². The largest absolute Gasteiger partial charge is 0.393 e. The molecule has 0 amide bonds. The first-order valence-corrected chi connectivity index (χ1v) is 6.95. The van der Waals surface area contributed by atoms with Crippen molar-refractivity contribution in [3.8, 4) is 0 Å². The third-order valence-corrected chi connectivity index (χ3v) is 4.49. The molecule has 5 nitrogen and oxygen atoms in total. The van der Waals surface area contributed by atoms with Gasteiger partial charge in [-0.05, 0) is 31.7 Å². The SMILES string of the molecule is O=[N+]([O-])c1cc(F)c(Cl)cc1N1C2CCC1CC(O)C2. The Bertz CT molecular complexity index is 555. The van der Waals surface area contributed by atoms with Crippen molar-refractivity contribution in [2.75, 3.05) is 4.90 Å². The van der Waals surface area contributed by atoms with Crippen LogP contribution < -0.4 is 4.90 Å². The van der Waals surface area contributed by atoms with Crippen molar-refractivity contribution >= 4 is 23.0 Å². The molecule has 2 bridgehead atoms. The van der Waals surface area contributed by atoms with Crippen LogP contribution in [0.4, 0.5) is 15.8 Å². The number of nitrogens with zero attached hydrogens (tertiary/aromatic N) is 2. The summed E-state index contributed by atoms with van der Waals surface area (Å²) in [4.78, 5) is 12.5. The average Bonchev–Trinajstić information content (AvgIpc) is 2.64. The molecular formula is C13H14ClFN2O3. The maximum absolute atomic E-state index is 13.5. The van der Waals surface area contributed by atoms with E-state index in [9.17, 15) is 19.6 Å². The summed E-state index contributed by atoms with van der Waals surface area (Å²) in [5, 5.41) is 20.8. The van der Waals surface area contributed by atoms with E-state index in [0.29, 0.717) is 18.5 Å². The van der Waals surface area contributed by atoms with Crippen LogP contribution in [0.2, 0.25) is 5.02 Å². The number of piperidine rings is 1. The fourth-order valence-corrected chi connectivity index (χ4v) is 3.58. The summed E-state index contributed by atoms with van der Waals surface area (Å²) < 4.78 is 13.5. The number of anilines is 1. The highest BCUT2D eigenvalue weighted by Crippen LogP contribution is 2.44. The van der Waals surface area contributed by atoms with E-state index >= 15 is 0 Å². The molecule has 2 aliphatic heterocycles. The van der Waals surface area contributed by atoms with Gasteiger partial charge >= 0.3 is 0 Å². The van der Waals surface area contributed by atoms with Gasteiger partial charge in [0, 0.05) is 12.1 Å². The molecule has 20 heavy (non-hydrogen) atoms. The highest BCUT2D eigenvalue weighted by atomic mass is 35.5. The Morgan fingerprint density at radius 2 is 1.95 bits per heavy atom. The molecule has 2 aliphatic rings. The zero-order valence-electron chi connectivity index (χ0n) is 10.6. The van der Waals surface area contributed by atoms with Gasteiger partial charge in [-0.25, -0.2) is 4.39 Å². The summed E-state index contributed by atoms with van der Waals surface area (Å²) in [6.07, 6.45) is 2.58. The van der Waals surface area contributed by atoms with E-state index in [1.807, 2.05) is 4.90 Å². The molecule has 3 rings (SSSR count). The van der Waals surface area contributed by atoms with E-state index in [2.05, 4.69) is 0 Å². The van der Waals surface area contributed by atoms with E-state index in [-0.39, 0.29) is 28.9 Å². The van der Waals surface area contributed by atoms with Gasteiger partial charge < -0.3 is 10.0 Å². The van der Waals surface area contributed by atoms with Gasteiger partial charge in [0.15, 0.2) is 0 Å². The molecule has 0 saturated carbocycles. The predicted octanol–water partition coefficient (Wildman–Crippen LogP) is 2.88. The number of hydrogen-bond donors (Lipinski definition) is 1. The molecule has 0 radical (unpaired) electrons. The lowest BCUT2D eigenvalue weighted by atomic mass is 9.98. The first-order valence-electron chi connectivity index (χ1n) is 6.57. The highest BCUT2D eigenvalue weighted by Gasteiger charge is 2.42. The molecule has 1 aromatic carbocycles. The lowest BCUT2D eigenvalue weighted by molar-refractivity contribution is -0.384. The van der Waals surface area contributed by atoms with Crippen molar-refractivity contribution < 1.29 is 14.4 Å². The molecule has 7 heteroatoms. The van der Waals surface area contributed by atoms with Crippen LogP contribution in [0.5, 0.6) is 0 Å². The second-order valence-corrected chi connectivity index (χ2v) is 5.84. The molecule has 1 aromatic rings. The van der Waals surface area contributed by atoms with Crippen molar-refractivity contribution in [2.45, 2.75) is 43.9 Å². The Balaban J connectivity index is 2.06. The summed E-state index contributed by atoms with van der Waals surface area (Å²) in [5.74, 6) is -0.786. The Labute approximate surface area is 120 Å². The van der Waals surface area contributed by atoms with Crippen LogP contribution in [-0.2, 0) is 0 Å². The smallest absolute Gasteiger partial charge is 0.295 e. The third-order valence-electron chi connectivity index (χ3n) is 4.20. The standard InChI is InChI=1S/C13H14ClFN2O3/c14-10-5-12(13(17(19)20)6-11(10)15)16-7-1-2-8(16)4-9(18)3-7/h5-9,18H,1-4H2. The Kier molecular flexibility index (Phi) is 3.30. The molecule has 2 atom stereocenters. The number of aliphatic hydroxyl groups is 1. The fourth-order valence-electron chi connectivity index (χ4n) is 3.42.